The fourth-order valence-corrected chi connectivity index (χ4v) is 3.60. The van der Waals surface area contributed by atoms with E-state index in [9.17, 15) is 9.90 Å². The van der Waals surface area contributed by atoms with E-state index in [0.29, 0.717) is 18.1 Å². The van der Waals surface area contributed by atoms with Crippen LogP contribution >= 0.6 is 0 Å². The van der Waals surface area contributed by atoms with Crippen molar-refractivity contribution < 1.29 is 9.90 Å². The zero-order valence-corrected chi connectivity index (χ0v) is 9.29. The highest BCUT2D eigenvalue weighted by Crippen LogP contribution is 2.52. The first kappa shape index (κ1) is 10.2. The first-order valence-corrected chi connectivity index (χ1v) is 5.62. The van der Waals surface area contributed by atoms with Crippen molar-refractivity contribution in [1.29, 1.82) is 0 Å². The summed E-state index contributed by atoms with van der Waals surface area (Å²) in [7, 11) is 0. The lowest BCUT2D eigenvalue weighted by Gasteiger charge is -2.39. The minimum Gasteiger partial charge on any atom is -0.393 e. The Morgan fingerprint density at radius 1 is 1.36 bits per heavy atom. The molecule has 2 rings (SSSR count). The number of ketones is 1. The van der Waals surface area contributed by atoms with Crippen LogP contribution in [0.15, 0.2) is 0 Å². The molecule has 2 heteroatoms. The molecule has 0 aromatic heterocycles. The quantitative estimate of drug-likeness (QED) is 0.643. The number of carbonyl (C=O) groups excluding carboxylic acids is 1. The highest BCUT2D eigenvalue weighted by molar-refractivity contribution is 5.84. The Balaban J connectivity index is 2.27. The van der Waals surface area contributed by atoms with E-state index in [1.54, 1.807) is 0 Å². The number of aliphatic hydroxyl groups excluding tert-OH is 1. The third-order valence-electron chi connectivity index (χ3n) is 4.09. The van der Waals surface area contributed by atoms with Gasteiger partial charge in [0, 0.05) is 18.3 Å². The summed E-state index contributed by atoms with van der Waals surface area (Å²) in [4.78, 5) is 11.8. The molecule has 0 heterocycles. The summed E-state index contributed by atoms with van der Waals surface area (Å²) in [6.45, 7) is 6.38. The molecule has 80 valence electrons. The summed E-state index contributed by atoms with van der Waals surface area (Å²) < 4.78 is 0. The van der Waals surface area contributed by atoms with Gasteiger partial charge in [-0.3, -0.25) is 4.79 Å². The van der Waals surface area contributed by atoms with Crippen molar-refractivity contribution in [3.8, 4) is 0 Å². The molecule has 2 aliphatic carbocycles. The predicted octanol–water partition coefficient (Wildman–Crippen LogP) is 2.01. The third kappa shape index (κ3) is 1.40. The fourth-order valence-electron chi connectivity index (χ4n) is 3.60. The molecular formula is C12H20O2. The highest BCUT2D eigenvalue weighted by atomic mass is 16.3. The van der Waals surface area contributed by atoms with Gasteiger partial charge in [-0.05, 0) is 24.2 Å². The number of hydrogen-bond acceptors (Lipinski definition) is 2. The van der Waals surface area contributed by atoms with Gasteiger partial charge >= 0.3 is 0 Å². The van der Waals surface area contributed by atoms with Gasteiger partial charge in [0.25, 0.3) is 0 Å². The largest absolute Gasteiger partial charge is 0.393 e. The molecule has 2 fully saturated rings. The minimum absolute atomic E-state index is 0.0152. The normalized spacial score (nSPS) is 46.4. The standard InChI is InChI=1S/C12H20O2/c1-7-4-8-10(14)6-12(2,3)11(8)9(13)5-7/h7-9,11,13H,4-6H2,1-3H3/t7-,8+,9+,11-/m0/s1. The van der Waals surface area contributed by atoms with E-state index in [1.165, 1.54) is 0 Å². The second-order valence-corrected chi connectivity index (χ2v) is 5.91. The van der Waals surface area contributed by atoms with Crippen molar-refractivity contribution in [2.45, 2.75) is 46.1 Å². The lowest BCUT2D eigenvalue weighted by molar-refractivity contribution is -0.124. The first-order valence-electron chi connectivity index (χ1n) is 5.62. The van der Waals surface area contributed by atoms with Crippen molar-refractivity contribution >= 4 is 5.78 Å². The second kappa shape index (κ2) is 3.06. The monoisotopic (exact) mass is 196 g/mol. The van der Waals surface area contributed by atoms with Crippen molar-refractivity contribution in [2.75, 3.05) is 0 Å². The van der Waals surface area contributed by atoms with Crippen molar-refractivity contribution in [1.82, 2.24) is 0 Å². The van der Waals surface area contributed by atoms with Crippen molar-refractivity contribution in [3.05, 3.63) is 0 Å². The van der Waals surface area contributed by atoms with E-state index in [0.717, 1.165) is 12.8 Å². The van der Waals surface area contributed by atoms with Crippen molar-refractivity contribution in [2.24, 2.45) is 23.2 Å². The molecule has 0 saturated heterocycles. The Bertz CT molecular complexity index is 257. The van der Waals surface area contributed by atoms with Crippen LogP contribution in [0.2, 0.25) is 0 Å². The van der Waals surface area contributed by atoms with Gasteiger partial charge in [-0.2, -0.15) is 0 Å². The summed E-state index contributed by atoms with van der Waals surface area (Å²) in [6, 6.07) is 0. The Morgan fingerprint density at radius 2 is 2.00 bits per heavy atom. The molecule has 0 radical (unpaired) electrons. The van der Waals surface area contributed by atoms with Crippen LogP contribution in [0.4, 0.5) is 0 Å². The van der Waals surface area contributed by atoms with Crippen LogP contribution in [-0.2, 0) is 4.79 Å². The lowest BCUT2D eigenvalue weighted by Crippen LogP contribution is -2.40. The van der Waals surface area contributed by atoms with Crippen LogP contribution in [0.3, 0.4) is 0 Å². The summed E-state index contributed by atoms with van der Waals surface area (Å²) in [5.74, 6) is 1.24. The predicted molar refractivity (Wildman–Crippen MR) is 54.8 cm³/mol. The van der Waals surface area contributed by atoms with Crippen molar-refractivity contribution in [3.63, 3.8) is 0 Å². The summed E-state index contributed by atoms with van der Waals surface area (Å²) in [5, 5.41) is 10.1. The van der Waals surface area contributed by atoms with Crippen LogP contribution in [-0.4, -0.2) is 17.0 Å². The average molecular weight is 196 g/mol. The number of fused-ring (bicyclic) bond motifs is 1. The topological polar surface area (TPSA) is 37.3 Å². The Hall–Kier alpha value is -0.370. The van der Waals surface area contributed by atoms with Gasteiger partial charge in [0.15, 0.2) is 0 Å². The smallest absolute Gasteiger partial charge is 0.136 e. The summed E-state index contributed by atoms with van der Waals surface area (Å²) >= 11 is 0. The molecule has 2 aliphatic rings. The molecule has 0 bridgehead atoms. The van der Waals surface area contributed by atoms with Crippen LogP contribution in [0.25, 0.3) is 0 Å². The Kier molecular flexibility index (Phi) is 2.22. The highest BCUT2D eigenvalue weighted by Gasteiger charge is 2.52. The molecule has 4 atom stereocenters. The van der Waals surface area contributed by atoms with E-state index in [4.69, 9.17) is 0 Å². The molecule has 14 heavy (non-hydrogen) atoms. The maximum atomic E-state index is 11.8. The molecule has 0 aliphatic heterocycles. The minimum atomic E-state index is -0.259. The molecule has 1 N–H and O–H groups in total. The van der Waals surface area contributed by atoms with E-state index in [-0.39, 0.29) is 23.4 Å². The summed E-state index contributed by atoms with van der Waals surface area (Å²) in [5.41, 5.74) is 0.0152. The number of Topliss-reactive ketones (excluding diaryl/α,β-unsaturated/α-hetero) is 1. The van der Waals surface area contributed by atoms with Gasteiger partial charge in [-0.15, -0.1) is 0 Å². The maximum absolute atomic E-state index is 11.8. The SMILES string of the molecule is C[C@@H]1C[C@@H](O)[C@@H]2[C@H](C1)C(=O)CC2(C)C. The summed E-state index contributed by atoms with van der Waals surface area (Å²) in [6.07, 6.45) is 2.26. The molecule has 0 aromatic carbocycles. The average Bonchev–Trinajstić information content (AvgIpc) is 2.21. The van der Waals surface area contributed by atoms with Crippen LogP contribution in [0, 0.1) is 23.2 Å². The first-order chi connectivity index (χ1) is 6.42. The molecule has 2 nitrogen and oxygen atoms in total. The van der Waals surface area contributed by atoms with Gasteiger partial charge in [0.05, 0.1) is 6.10 Å². The molecule has 0 amide bonds. The Labute approximate surface area is 85.7 Å². The van der Waals surface area contributed by atoms with E-state index in [2.05, 4.69) is 20.8 Å². The molecule has 0 spiro atoms. The van der Waals surface area contributed by atoms with Crippen LogP contribution in [0.1, 0.15) is 40.0 Å². The van der Waals surface area contributed by atoms with Gasteiger partial charge in [-0.1, -0.05) is 20.8 Å². The van der Waals surface area contributed by atoms with Gasteiger partial charge in [0.1, 0.15) is 5.78 Å². The van der Waals surface area contributed by atoms with E-state index < -0.39 is 0 Å². The zero-order valence-electron chi connectivity index (χ0n) is 9.29. The van der Waals surface area contributed by atoms with Gasteiger partial charge in [-0.25, -0.2) is 0 Å². The fraction of sp³-hybridized carbons (Fsp3) is 0.917. The third-order valence-corrected chi connectivity index (χ3v) is 4.09. The van der Waals surface area contributed by atoms with E-state index >= 15 is 0 Å². The maximum Gasteiger partial charge on any atom is 0.136 e. The molecule has 0 unspecified atom stereocenters. The number of rotatable bonds is 0. The molecule has 2 saturated carbocycles. The second-order valence-electron chi connectivity index (χ2n) is 5.91. The van der Waals surface area contributed by atoms with Gasteiger partial charge < -0.3 is 5.11 Å². The van der Waals surface area contributed by atoms with Crippen LogP contribution in [0.5, 0.6) is 0 Å². The van der Waals surface area contributed by atoms with Crippen LogP contribution < -0.4 is 0 Å². The number of aliphatic hydroxyl groups is 1. The molecule has 0 aromatic rings. The molecular weight excluding hydrogens is 176 g/mol. The zero-order chi connectivity index (χ0) is 10.5. The lowest BCUT2D eigenvalue weighted by atomic mass is 9.67. The Morgan fingerprint density at radius 3 is 2.64 bits per heavy atom. The van der Waals surface area contributed by atoms with Gasteiger partial charge in [0.2, 0.25) is 0 Å². The number of hydrogen-bond donors (Lipinski definition) is 1. The number of carbonyl (C=O) groups is 1. The van der Waals surface area contributed by atoms with E-state index in [1.807, 2.05) is 0 Å².